The lowest BCUT2D eigenvalue weighted by atomic mass is 10.3. The maximum Gasteiger partial charge on any atom is 0.244 e. The van der Waals surface area contributed by atoms with Crippen LogP contribution in [0.15, 0.2) is 12.4 Å². The quantitative estimate of drug-likeness (QED) is 0.840. The molecule has 7 heteroatoms. The highest BCUT2D eigenvalue weighted by Crippen LogP contribution is 2.06. The normalized spacial score (nSPS) is 16.1. The molecule has 20 heavy (non-hydrogen) atoms. The van der Waals surface area contributed by atoms with Crippen LogP contribution in [0.1, 0.15) is 19.8 Å². The van der Waals surface area contributed by atoms with E-state index in [-0.39, 0.29) is 18.4 Å². The number of anilines is 1. The summed E-state index contributed by atoms with van der Waals surface area (Å²) in [7, 11) is 0. The third kappa shape index (κ3) is 3.49. The van der Waals surface area contributed by atoms with Gasteiger partial charge in [-0.05, 0) is 6.42 Å². The van der Waals surface area contributed by atoms with Crippen molar-refractivity contribution >= 4 is 17.5 Å². The van der Waals surface area contributed by atoms with Gasteiger partial charge in [-0.1, -0.05) is 6.92 Å². The summed E-state index contributed by atoms with van der Waals surface area (Å²) in [5.74, 6) is 0.165. The molecule has 0 unspecified atom stereocenters. The van der Waals surface area contributed by atoms with E-state index in [2.05, 4.69) is 5.10 Å². The molecule has 0 bridgehead atoms. The largest absolute Gasteiger partial charge is 0.396 e. The molecule has 2 amide bonds. The van der Waals surface area contributed by atoms with Gasteiger partial charge in [0.05, 0.1) is 11.9 Å². The second-order valence-corrected chi connectivity index (χ2v) is 4.94. The summed E-state index contributed by atoms with van der Waals surface area (Å²) in [4.78, 5) is 27.5. The Kier molecular flexibility index (Phi) is 4.60. The molecule has 0 spiro atoms. The van der Waals surface area contributed by atoms with E-state index in [0.717, 1.165) is 13.0 Å². The van der Waals surface area contributed by atoms with Crippen LogP contribution < -0.4 is 5.73 Å². The van der Waals surface area contributed by atoms with Crippen LogP contribution in [0.25, 0.3) is 0 Å². The number of nitrogens with two attached hydrogens (primary N) is 1. The maximum absolute atomic E-state index is 12.2. The number of hydrogen-bond donors (Lipinski definition) is 1. The van der Waals surface area contributed by atoms with Gasteiger partial charge in [-0.3, -0.25) is 14.3 Å². The Balaban J connectivity index is 1.89. The minimum atomic E-state index is 0.0129. The number of rotatable bonds is 3. The van der Waals surface area contributed by atoms with Gasteiger partial charge in [0.1, 0.15) is 6.54 Å². The summed E-state index contributed by atoms with van der Waals surface area (Å²) < 4.78 is 1.54. The van der Waals surface area contributed by atoms with Gasteiger partial charge < -0.3 is 15.5 Å². The van der Waals surface area contributed by atoms with Crippen molar-refractivity contribution in [1.82, 2.24) is 19.6 Å². The van der Waals surface area contributed by atoms with Crippen molar-refractivity contribution in [3.63, 3.8) is 0 Å². The Hall–Kier alpha value is -2.05. The van der Waals surface area contributed by atoms with Crippen molar-refractivity contribution in [3.8, 4) is 0 Å². The van der Waals surface area contributed by atoms with Crippen molar-refractivity contribution in [2.24, 2.45) is 0 Å². The Bertz CT molecular complexity index is 485. The first-order valence-corrected chi connectivity index (χ1v) is 6.93. The number of amides is 2. The number of aromatic nitrogens is 2. The van der Waals surface area contributed by atoms with E-state index in [1.165, 1.54) is 10.9 Å². The summed E-state index contributed by atoms with van der Waals surface area (Å²) in [6.45, 7) is 4.66. The molecule has 0 aromatic carbocycles. The molecular formula is C13H21N5O2. The Morgan fingerprint density at radius 2 is 1.85 bits per heavy atom. The Morgan fingerprint density at radius 1 is 1.20 bits per heavy atom. The zero-order valence-corrected chi connectivity index (χ0v) is 11.8. The van der Waals surface area contributed by atoms with Gasteiger partial charge in [0.25, 0.3) is 0 Å². The monoisotopic (exact) mass is 279 g/mol. The van der Waals surface area contributed by atoms with E-state index >= 15 is 0 Å². The zero-order valence-electron chi connectivity index (χ0n) is 11.8. The van der Waals surface area contributed by atoms with Gasteiger partial charge in [-0.15, -0.1) is 0 Å². The highest BCUT2D eigenvalue weighted by atomic mass is 16.2. The average molecular weight is 279 g/mol. The van der Waals surface area contributed by atoms with Crippen LogP contribution >= 0.6 is 0 Å². The molecule has 0 radical (unpaired) electrons. The van der Waals surface area contributed by atoms with Crippen molar-refractivity contribution < 1.29 is 9.59 Å². The fourth-order valence-corrected chi connectivity index (χ4v) is 2.34. The van der Waals surface area contributed by atoms with Gasteiger partial charge >= 0.3 is 0 Å². The van der Waals surface area contributed by atoms with Crippen LogP contribution in [-0.2, 0) is 16.1 Å². The van der Waals surface area contributed by atoms with Gasteiger partial charge in [-0.2, -0.15) is 5.10 Å². The van der Waals surface area contributed by atoms with Gasteiger partial charge in [0, 0.05) is 38.8 Å². The third-order valence-electron chi connectivity index (χ3n) is 3.45. The molecule has 2 N–H and O–H groups in total. The number of hydrogen-bond acceptors (Lipinski definition) is 4. The standard InChI is InChI=1S/C13H21N5O2/c1-2-12(19)16-4-3-5-17(7-6-16)13(20)10-18-9-11(14)8-15-18/h8-9H,2-7,10,14H2,1H3. The highest BCUT2D eigenvalue weighted by molar-refractivity contribution is 5.77. The van der Waals surface area contributed by atoms with Crippen molar-refractivity contribution in [2.75, 3.05) is 31.9 Å². The molecule has 1 aromatic heterocycles. The van der Waals surface area contributed by atoms with Gasteiger partial charge in [-0.25, -0.2) is 0 Å². The number of nitrogens with zero attached hydrogens (tertiary/aromatic N) is 4. The van der Waals surface area contributed by atoms with Gasteiger partial charge in [0.15, 0.2) is 0 Å². The molecule has 1 aromatic rings. The smallest absolute Gasteiger partial charge is 0.244 e. The van der Waals surface area contributed by atoms with Crippen LogP contribution in [0, 0.1) is 0 Å². The SMILES string of the molecule is CCC(=O)N1CCCN(C(=O)Cn2cc(N)cn2)CC1. The molecule has 1 fully saturated rings. The second kappa shape index (κ2) is 6.40. The Morgan fingerprint density at radius 3 is 2.40 bits per heavy atom. The molecule has 2 heterocycles. The lowest BCUT2D eigenvalue weighted by Crippen LogP contribution is -2.38. The third-order valence-corrected chi connectivity index (χ3v) is 3.45. The molecule has 2 rings (SSSR count). The van der Waals surface area contributed by atoms with Crippen LogP contribution in [0.4, 0.5) is 5.69 Å². The molecule has 0 atom stereocenters. The zero-order chi connectivity index (χ0) is 14.5. The average Bonchev–Trinajstić information content (AvgIpc) is 2.70. The molecule has 0 saturated carbocycles. The first-order valence-electron chi connectivity index (χ1n) is 6.93. The molecule has 1 saturated heterocycles. The molecule has 110 valence electrons. The van der Waals surface area contributed by atoms with Crippen molar-refractivity contribution in [2.45, 2.75) is 26.3 Å². The van der Waals surface area contributed by atoms with Crippen LogP contribution in [0.2, 0.25) is 0 Å². The predicted molar refractivity (Wildman–Crippen MR) is 74.7 cm³/mol. The second-order valence-electron chi connectivity index (χ2n) is 4.94. The van der Waals surface area contributed by atoms with E-state index in [0.29, 0.717) is 31.7 Å². The fraction of sp³-hybridized carbons (Fsp3) is 0.615. The maximum atomic E-state index is 12.2. The summed E-state index contributed by atoms with van der Waals surface area (Å²) >= 11 is 0. The van der Waals surface area contributed by atoms with Gasteiger partial charge in [0.2, 0.25) is 11.8 Å². The molecule has 1 aliphatic rings. The first-order chi connectivity index (χ1) is 9.60. The van der Waals surface area contributed by atoms with Crippen LogP contribution in [0.3, 0.4) is 0 Å². The topological polar surface area (TPSA) is 84.5 Å². The predicted octanol–water partition coefficient (Wildman–Crippen LogP) is -0.0638. The lowest BCUT2D eigenvalue weighted by Gasteiger charge is -2.21. The minimum absolute atomic E-state index is 0.0129. The molecular weight excluding hydrogens is 258 g/mol. The van der Waals surface area contributed by atoms with E-state index < -0.39 is 0 Å². The highest BCUT2D eigenvalue weighted by Gasteiger charge is 2.21. The summed E-state index contributed by atoms with van der Waals surface area (Å²) in [5, 5.41) is 4.01. The van der Waals surface area contributed by atoms with Crippen molar-refractivity contribution in [1.29, 1.82) is 0 Å². The Labute approximate surface area is 118 Å². The van der Waals surface area contributed by atoms with E-state index in [9.17, 15) is 9.59 Å². The summed E-state index contributed by atoms with van der Waals surface area (Å²) in [6, 6.07) is 0. The summed E-state index contributed by atoms with van der Waals surface area (Å²) in [6.07, 6.45) is 4.50. The molecule has 1 aliphatic heterocycles. The van der Waals surface area contributed by atoms with E-state index in [1.807, 2.05) is 11.8 Å². The minimum Gasteiger partial charge on any atom is -0.396 e. The number of nitrogen functional groups attached to an aromatic ring is 1. The lowest BCUT2D eigenvalue weighted by molar-refractivity contribution is -0.133. The first kappa shape index (κ1) is 14.4. The van der Waals surface area contributed by atoms with E-state index in [4.69, 9.17) is 5.73 Å². The molecule has 0 aliphatic carbocycles. The van der Waals surface area contributed by atoms with Crippen molar-refractivity contribution in [3.05, 3.63) is 12.4 Å². The number of carbonyl (C=O) groups is 2. The molecule has 7 nitrogen and oxygen atoms in total. The fourth-order valence-electron chi connectivity index (χ4n) is 2.34. The van der Waals surface area contributed by atoms with Crippen LogP contribution in [0.5, 0.6) is 0 Å². The van der Waals surface area contributed by atoms with E-state index in [1.54, 1.807) is 11.1 Å². The van der Waals surface area contributed by atoms with Crippen LogP contribution in [-0.4, -0.2) is 57.6 Å². The number of carbonyl (C=O) groups excluding carboxylic acids is 2. The summed E-state index contributed by atoms with van der Waals surface area (Å²) in [5.41, 5.74) is 6.12.